The minimum atomic E-state index is -0.332. The number of carbonyl (C=O) groups excluding carboxylic acids is 2. The number of hydrogen-bond acceptors (Lipinski definition) is 3. The summed E-state index contributed by atoms with van der Waals surface area (Å²) >= 11 is 0. The lowest BCUT2D eigenvalue weighted by Crippen LogP contribution is -2.41. The van der Waals surface area contributed by atoms with Crippen molar-refractivity contribution in [2.75, 3.05) is 0 Å². The number of amides is 2. The van der Waals surface area contributed by atoms with Crippen molar-refractivity contribution in [3.05, 3.63) is 66.1 Å². The van der Waals surface area contributed by atoms with Gasteiger partial charge >= 0.3 is 0 Å². The monoisotopic (exact) mass is 322 g/mol. The topological polar surface area (TPSA) is 76.0 Å². The number of aryl methyl sites for hydroxylation is 2. The highest BCUT2D eigenvalue weighted by Gasteiger charge is 2.14. The number of pyridine rings is 1. The van der Waals surface area contributed by atoms with E-state index in [1.165, 1.54) is 0 Å². The van der Waals surface area contributed by atoms with Crippen LogP contribution in [0, 0.1) is 0 Å². The molecular formula is C18H18N4O2. The van der Waals surface area contributed by atoms with E-state index in [1.807, 2.05) is 48.0 Å². The van der Waals surface area contributed by atoms with Crippen molar-refractivity contribution in [1.29, 1.82) is 0 Å². The van der Waals surface area contributed by atoms with E-state index in [4.69, 9.17) is 0 Å². The second-order valence-electron chi connectivity index (χ2n) is 5.53. The van der Waals surface area contributed by atoms with Gasteiger partial charge in [-0.25, -0.2) is 0 Å². The lowest BCUT2D eigenvalue weighted by atomic mass is 10.1. The minimum Gasteiger partial charge on any atom is -0.350 e. The van der Waals surface area contributed by atoms with Gasteiger partial charge in [0.15, 0.2) is 0 Å². The Morgan fingerprint density at radius 2 is 1.96 bits per heavy atom. The van der Waals surface area contributed by atoms with Crippen molar-refractivity contribution < 1.29 is 9.59 Å². The van der Waals surface area contributed by atoms with Gasteiger partial charge in [0.2, 0.25) is 5.91 Å². The Morgan fingerprint density at radius 1 is 1.12 bits per heavy atom. The predicted molar refractivity (Wildman–Crippen MR) is 91.1 cm³/mol. The molecule has 24 heavy (non-hydrogen) atoms. The maximum absolute atomic E-state index is 12.3. The van der Waals surface area contributed by atoms with Gasteiger partial charge in [0.05, 0.1) is 5.56 Å². The first-order valence-electron chi connectivity index (χ1n) is 7.67. The third-order valence-corrected chi connectivity index (χ3v) is 3.82. The number of hydrogen-bond donors (Lipinski definition) is 2. The smallest absolute Gasteiger partial charge is 0.271 e. The maximum atomic E-state index is 12.3. The normalized spacial score (nSPS) is 10.5. The second-order valence-corrected chi connectivity index (χ2v) is 5.53. The number of nitrogens with one attached hydrogen (secondary N) is 2. The molecule has 0 fully saturated rings. The van der Waals surface area contributed by atoms with Crippen LogP contribution in [0.25, 0.3) is 10.9 Å². The third kappa shape index (κ3) is 3.43. The summed E-state index contributed by atoms with van der Waals surface area (Å²) in [5.74, 6) is -0.575. The molecule has 6 heteroatoms. The maximum Gasteiger partial charge on any atom is 0.271 e. The quantitative estimate of drug-likeness (QED) is 0.721. The number of aromatic nitrogens is 2. The first-order valence-corrected chi connectivity index (χ1v) is 7.67. The molecule has 0 atom stereocenters. The van der Waals surface area contributed by atoms with Gasteiger partial charge in [-0.15, -0.1) is 0 Å². The first-order chi connectivity index (χ1) is 11.6. The third-order valence-electron chi connectivity index (χ3n) is 3.82. The zero-order chi connectivity index (χ0) is 16.9. The molecule has 0 bridgehead atoms. The van der Waals surface area contributed by atoms with Gasteiger partial charge in [0.1, 0.15) is 0 Å². The van der Waals surface area contributed by atoms with Gasteiger partial charge in [-0.05, 0) is 24.1 Å². The molecule has 0 aliphatic carbocycles. The Labute approximate surface area is 139 Å². The van der Waals surface area contributed by atoms with E-state index in [9.17, 15) is 9.59 Å². The molecule has 2 heterocycles. The van der Waals surface area contributed by atoms with Crippen LogP contribution in [0.2, 0.25) is 0 Å². The van der Waals surface area contributed by atoms with Crippen LogP contribution in [0.4, 0.5) is 0 Å². The van der Waals surface area contributed by atoms with E-state index in [0.29, 0.717) is 12.0 Å². The summed E-state index contributed by atoms with van der Waals surface area (Å²) in [4.78, 5) is 28.2. The van der Waals surface area contributed by atoms with Crippen LogP contribution < -0.4 is 10.9 Å². The predicted octanol–water partition coefficient (Wildman–Crippen LogP) is 1.97. The number of fused-ring (bicyclic) bond motifs is 1. The molecule has 0 saturated carbocycles. The largest absolute Gasteiger partial charge is 0.350 e. The molecule has 2 N–H and O–H groups in total. The summed E-state index contributed by atoms with van der Waals surface area (Å²) in [6.45, 7) is 0. The summed E-state index contributed by atoms with van der Waals surface area (Å²) in [5.41, 5.74) is 7.40. The van der Waals surface area contributed by atoms with Crippen LogP contribution in [0.15, 0.2) is 55.0 Å². The second kappa shape index (κ2) is 6.95. The fourth-order valence-electron chi connectivity index (χ4n) is 2.58. The molecule has 3 rings (SSSR count). The van der Waals surface area contributed by atoms with Crippen molar-refractivity contribution in [1.82, 2.24) is 20.4 Å². The van der Waals surface area contributed by atoms with E-state index >= 15 is 0 Å². The van der Waals surface area contributed by atoms with E-state index < -0.39 is 0 Å². The average molecular weight is 322 g/mol. The molecule has 0 saturated heterocycles. The zero-order valence-electron chi connectivity index (χ0n) is 13.3. The fourth-order valence-corrected chi connectivity index (χ4v) is 2.58. The van der Waals surface area contributed by atoms with Crippen molar-refractivity contribution in [3.8, 4) is 0 Å². The lowest BCUT2D eigenvalue weighted by molar-refractivity contribution is -0.121. The molecule has 0 aliphatic rings. The highest BCUT2D eigenvalue weighted by Crippen LogP contribution is 2.19. The Hall–Kier alpha value is -3.15. The number of rotatable bonds is 4. The van der Waals surface area contributed by atoms with Crippen LogP contribution >= 0.6 is 0 Å². The highest BCUT2D eigenvalue weighted by molar-refractivity contribution is 6.07. The fraction of sp³-hybridized carbons (Fsp3) is 0.167. The Balaban J connectivity index is 1.58. The molecule has 2 aromatic heterocycles. The van der Waals surface area contributed by atoms with E-state index in [2.05, 4.69) is 15.8 Å². The van der Waals surface area contributed by atoms with E-state index in [0.717, 1.165) is 16.5 Å². The van der Waals surface area contributed by atoms with Gasteiger partial charge in [0, 0.05) is 43.0 Å². The summed E-state index contributed by atoms with van der Waals surface area (Å²) in [6.07, 6.45) is 6.02. The molecule has 0 aliphatic heterocycles. The molecular weight excluding hydrogens is 304 g/mol. The van der Waals surface area contributed by atoms with Crippen molar-refractivity contribution in [2.24, 2.45) is 7.05 Å². The van der Waals surface area contributed by atoms with Crippen LogP contribution in [0.1, 0.15) is 22.3 Å². The molecule has 0 unspecified atom stereocenters. The standard InChI is InChI=1S/C18H18N4O2/c1-22-12-15(14-6-2-3-7-16(14)22)18(24)21-20-17(23)9-8-13-5-4-10-19-11-13/h2-7,10-12H,8-9H2,1H3,(H,20,23)(H,21,24). The summed E-state index contributed by atoms with van der Waals surface area (Å²) in [7, 11) is 1.88. The van der Waals surface area contributed by atoms with Crippen LogP contribution in [-0.2, 0) is 18.3 Å². The number of benzene rings is 1. The first kappa shape index (κ1) is 15.7. The lowest BCUT2D eigenvalue weighted by Gasteiger charge is -2.06. The molecule has 2 amide bonds. The van der Waals surface area contributed by atoms with Gasteiger partial charge in [0.25, 0.3) is 5.91 Å². The zero-order valence-corrected chi connectivity index (χ0v) is 13.3. The van der Waals surface area contributed by atoms with Crippen LogP contribution in [0.5, 0.6) is 0 Å². The summed E-state index contributed by atoms with van der Waals surface area (Å²) < 4.78 is 1.88. The molecule has 0 radical (unpaired) electrons. The Kier molecular flexibility index (Phi) is 4.56. The summed E-state index contributed by atoms with van der Waals surface area (Å²) in [5, 5.41) is 0.849. The van der Waals surface area contributed by atoms with Gasteiger partial charge in [-0.1, -0.05) is 24.3 Å². The molecule has 122 valence electrons. The van der Waals surface area contributed by atoms with Crippen molar-refractivity contribution in [3.63, 3.8) is 0 Å². The average Bonchev–Trinajstić information content (AvgIpc) is 2.96. The highest BCUT2D eigenvalue weighted by atomic mass is 16.2. The number of hydrazine groups is 1. The van der Waals surface area contributed by atoms with Gasteiger partial charge < -0.3 is 4.57 Å². The van der Waals surface area contributed by atoms with Crippen LogP contribution in [0.3, 0.4) is 0 Å². The van der Waals surface area contributed by atoms with Gasteiger partial charge in [-0.3, -0.25) is 25.4 Å². The number of nitrogens with zero attached hydrogens (tertiary/aromatic N) is 2. The summed E-state index contributed by atoms with van der Waals surface area (Å²) in [6, 6.07) is 11.4. The molecule has 1 aromatic carbocycles. The van der Waals surface area contributed by atoms with Gasteiger partial charge in [-0.2, -0.15) is 0 Å². The van der Waals surface area contributed by atoms with Crippen molar-refractivity contribution in [2.45, 2.75) is 12.8 Å². The van der Waals surface area contributed by atoms with E-state index in [1.54, 1.807) is 18.6 Å². The molecule has 3 aromatic rings. The number of carbonyl (C=O) groups is 2. The van der Waals surface area contributed by atoms with Crippen molar-refractivity contribution >= 4 is 22.7 Å². The number of para-hydroxylation sites is 1. The SMILES string of the molecule is Cn1cc(C(=O)NNC(=O)CCc2cccnc2)c2ccccc21. The molecule has 6 nitrogen and oxygen atoms in total. The molecule has 0 spiro atoms. The Bertz CT molecular complexity index is 871. The van der Waals surface area contributed by atoms with E-state index in [-0.39, 0.29) is 18.2 Å². The Morgan fingerprint density at radius 3 is 2.75 bits per heavy atom. The van der Waals surface area contributed by atoms with Crippen LogP contribution in [-0.4, -0.2) is 21.4 Å². The minimum absolute atomic E-state index is 0.243.